The highest BCUT2D eigenvalue weighted by molar-refractivity contribution is 8.00. The van der Waals surface area contributed by atoms with Crippen LogP contribution in [0.15, 0.2) is 36.2 Å². The molecular formula is C13H23N3S. The van der Waals surface area contributed by atoms with Crippen molar-refractivity contribution in [2.45, 2.75) is 26.2 Å². The Kier molecular flexibility index (Phi) is 6.22. The van der Waals surface area contributed by atoms with E-state index < -0.39 is 0 Å². The van der Waals surface area contributed by atoms with Crippen LogP contribution in [0, 0.1) is 0 Å². The molecule has 0 amide bonds. The lowest BCUT2D eigenvalue weighted by molar-refractivity contribution is 0.381. The molecule has 0 saturated carbocycles. The standard InChI is InChI=1S/C13H23N3S/c1-4-15(5-2)11-13(14)12(3)17-16-9-7-6-8-10-16/h4-5H,1-2,6-11,14H2,3H3/b13-12-. The minimum absolute atomic E-state index is 0.666. The van der Waals surface area contributed by atoms with Gasteiger partial charge in [0.25, 0.3) is 0 Å². The Bertz CT molecular complexity index is 285. The molecule has 1 rings (SSSR count). The largest absolute Gasteiger partial charge is 0.400 e. The van der Waals surface area contributed by atoms with Gasteiger partial charge in [-0.05, 0) is 44.1 Å². The van der Waals surface area contributed by atoms with E-state index in [4.69, 9.17) is 5.73 Å². The fraction of sp³-hybridized carbons (Fsp3) is 0.538. The molecule has 1 aliphatic rings. The van der Waals surface area contributed by atoms with Gasteiger partial charge in [0.15, 0.2) is 0 Å². The average molecular weight is 253 g/mol. The molecule has 0 bridgehead atoms. The van der Waals surface area contributed by atoms with E-state index in [0.29, 0.717) is 6.54 Å². The molecule has 0 unspecified atom stereocenters. The highest BCUT2D eigenvalue weighted by Crippen LogP contribution is 2.25. The summed E-state index contributed by atoms with van der Waals surface area (Å²) < 4.78 is 2.40. The maximum absolute atomic E-state index is 6.08. The van der Waals surface area contributed by atoms with Crippen LogP contribution in [0.3, 0.4) is 0 Å². The van der Waals surface area contributed by atoms with Crippen LogP contribution in [-0.4, -0.2) is 28.8 Å². The SMILES string of the molecule is C=CN(C=C)C/C(N)=C(\C)SN1CCCCC1. The molecule has 1 fully saturated rings. The zero-order chi connectivity index (χ0) is 12.7. The topological polar surface area (TPSA) is 32.5 Å². The highest BCUT2D eigenvalue weighted by atomic mass is 32.2. The Labute approximate surface area is 109 Å². The summed E-state index contributed by atoms with van der Waals surface area (Å²) in [4.78, 5) is 3.07. The monoisotopic (exact) mass is 253 g/mol. The quantitative estimate of drug-likeness (QED) is 0.738. The van der Waals surface area contributed by atoms with Crippen LogP contribution in [-0.2, 0) is 0 Å². The number of nitrogens with two attached hydrogens (primary N) is 1. The van der Waals surface area contributed by atoms with Crippen LogP contribution < -0.4 is 5.73 Å². The molecule has 0 spiro atoms. The van der Waals surface area contributed by atoms with E-state index in [1.807, 2.05) is 4.90 Å². The second-order valence-corrected chi connectivity index (χ2v) is 5.51. The van der Waals surface area contributed by atoms with Crippen LogP contribution in [0.1, 0.15) is 26.2 Å². The van der Waals surface area contributed by atoms with Gasteiger partial charge in [0.2, 0.25) is 0 Å². The first-order chi connectivity index (χ1) is 8.17. The molecule has 0 radical (unpaired) electrons. The summed E-state index contributed by atoms with van der Waals surface area (Å²) in [5.74, 6) is 0. The molecule has 3 nitrogen and oxygen atoms in total. The first-order valence-corrected chi connectivity index (χ1v) is 6.83. The minimum atomic E-state index is 0.666. The molecule has 96 valence electrons. The van der Waals surface area contributed by atoms with Gasteiger partial charge >= 0.3 is 0 Å². The van der Waals surface area contributed by atoms with Gasteiger partial charge in [-0.15, -0.1) is 0 Å². The van der Waals surface area contributed by atoms with E-state index >= 15 is 0 Å². The molecule has 0 aromatic heterocycles. The van der Waals surface area contributed by atoms with Gasteiger partial charge in [0.1, 0.15) is 0 Å². The van der Waals surface area contributed by atoms with Crippen molar-refractivity contribution in [1.82, 2.24) is 9.21 Å². The van der Waals surface area contributed by atoms with E-state index in [1.54, 1.807) is 24.3 Å². The molecule has 0 aromatic carbocycles. The molecule has 0 aliphatic carbocycles. The predicted molar refractivity (Wildman–Crippen MR) is 77.0 cm³/mol. The molecule has 0 atom stereocenters. The maximum atomic E-state index is 6.08. The molecule has 1 aliphatic heterocycles. The Balaban J connectivity index is 2.49. The number of hydrogen-bond acceptors (Lipinski definition) is 4. The summed E-state index contributed by atoms with van der Waals surface area (Å²) in [5, 5.41) is 0. The van der Waals surface area contributed by atoms with Crippen LogP contribution in [0.4, 0.5) is 0 Å². The van der Waals surface area contributed by atoms with Gasteiger partial charge in [-0.2, -0.15) is 0 Å². The van der Waals surface area contributed by atoms with Gasteiger partial charge in [0, 0.05) is 23.7 Å². The Morgan fingerprint density at radius 2 is 1.88 bits per heavy atom. The van der Waals surface area contributed by atoms with E-state index in [0.717, 1.165) is 5.70 Å². The van der Waals surface area contributed by atoms with Crippen LogP contribution in [0.2, 0.25) is 0 Å². The maximum Gasteiger partial charge on any atom is 0.0623 e. The first kappa shape index (κ1) is 14.2. The molecular weight excluding hydrogens is 230 g/mol. The number of piperidine rings is 1. The third kappa shape index (κ3) is 4.88. The van der Waals surface area contributed by atoms with Crippen molar-refractivity contribution in [3.05, 3.63) is 36.2 Å². The highest BCUT2D eigenvalue weighted by Gasteiger charge is 2.12. The van der Waals surface area contributed by atoms with Crippen LogP contribution in [0.25, 0.3) is 0 Å². The van der Waals surface area contributed by atoms with Crippen molar-refractivity contribution in [3.8, 4) is 0 Å². The predicted octanol–water partition coefficient (Wildman–Crippen LogP) is 2.90. The van der Waals surface area contributed by atoms with E-state index in [1.165, 1.54) is 37.3 Å². The van der Waals surface area contributed by atoms with Crippen molar-refractivity contribution in [3.63, 3.8) is 0 Å². The number of hydrogen-bond donors (Lipinski definition) is 1. The lowest BCUT2D eigenvalue weighted by Crippen LogP contribution is -2.24. The Hall–Kier alpha value is -0.870. The van der Waals surface area contributed by atoms with Crippen LogP contribution >= 0.6 is 11.9 Å². The molecule has 1 saturated heterocycles. The van der Waals surface area contributed by atoms with Gasteiger partial charge in [0.05, 0.1) is 6.54 Å². The van der Waals surface area contributed by atoms with Gasteiger partial charge in [-0.1, -0.05) is 19.6 Å². The summed E-state index contributed by atoms with van der Waals surface area (Å²) in [7, 11) is 0. The lowest BCUT2D eigenvalue weighted by atomic mass is 10.2. The second-order valence-electron chi connectivity index (χ2n) is 4.20. The van der Waals surface area contributed by atoms with E-state index in [9.17, 15) is 0 Å². The number of nitrogens with zero attached hydrogens (tertiary/aromatic N) is 2. The zero-order valence-corrected chi connectivity index (χ0v) is 11.5. The summed E-state index contributed by atoms with van der Waals surface area (Å²) in [6.45, 7) is 12.5. The molecule has 1 heterocycles. The van der Waals surface area contributed by atoms with E-state index in [-0.39, 0.29) is 0 Å². The van der Waals surface area contributed by atoms with Crippen molar-refractivity contribution in [1.29, 1.82) is 0 Å². The fourth-order valence-corrected chi connectivity index (χ4v) is 2.73. The Morgan fingerprint density at radius 1 is 1.29 bits per heavy atom. The smallest absolute Gasteiger partial charge is 0.0623 e. The minimum Gasteiger partial charge on any atom is -0.400 e. The van der Waals surface area contributed by atoms with Gasteiger partial charge in [-0.3, -0.25) is 0 Å². The molecule has 17 heavy (non-hydrogen) atoms. The van der Waals surface area contributed by atoms with Gasteiger partial charge in [-0.25, -0.2) is 4.31 Å². The third-order valence-corrected chi connectivity index (χ3v) is 4.01. The zero-order valence-electron chi connectivity index (χ0n) is 10.7. The first-order valence-electron chi connectivity index (χ1n) is 6.06. The normalized spacial score (nSPS) is 18.4. The number of allylic oxidation sites excluding steroid dienone is 1. The third-order valence-electron chi connectivity index (χ3n) is 2.86. The van der Waals surface area contributed by atoms with Crippen molar-refractivity contribution in [2.75, 3.05) is 19.6 Å². The van der Waals surface area contributed by atoms with Crippen molar-refractivity contribution < 1.29 is 0 Å². The molecule has 2 N–H and O–H groups in total. The average Bonchev–Trinajstić information content (AvgIpc) is 2.36. The lowest BCUT2D eigenvalue weighted by Gasteiger charge is -2.26. The van der Waals surface area contributed by atoms with Crippen LogP contribution in [0.5, 0.6) is 0 Å². The molecule has 0 aromatic rings. The summed E-state index contributed by atoms with van der Waals surface area (Å²) in [6, 6.07) is 0. The van der Waals surface area contributed by atoms with Crippen molar-refractivity contribution >= 4 is 11.9 Å². The number of rotatable bonds is 6. The second kappa shape index (κ2) is 7.45. The summed E-state index contributed by atoms with van der Waals surface area (Å²) in [6.07, 6.45) is 7.42. The van der Waals surface area contributed by atoms with E-state index in [2.05, 4.69) is 24.4 Å². The summed E-state index contributed by atoms with van der Waals surface area (Å²) in [5.41, 5.74) is 6.97. The summed E-state index contributed by atoms with van der Waals surface area (Å²) >= 11 is 1.78. The van der Waals surface area contributed by atoms with Gasteiger partial charge < -0.3 is 10.6 Å². The molecule has 4 heteroatoms. The Morgan fingerprint density at radius 3 is 2.41 bits per heavy atom. The fourth-order valence-electron chi connectivity index (χ4n) is 1.72. The van der Waals surface area contributed by atoms with Crippen molar-refractivity contribution in [2.24, 2.45) is 5.73 Å².